The highest BCUT2D eigenvalue weighted by atomic mass is 31.2. The molecule has 0 bridgehead atoms. The minimum absolute atomic E-state index is 0.00913. The van der Waals surface area contributed by atoms with E-state index >= 15 is 0 Å². The summed E-state index contributed by atoms with van der Waals surface area (Å²) in [5, 5.41) is 12.0. The highest BCUT2D eigenvalue weighted by molar-refractivity contribution is 7.41. The van der Waals surface area contributed by atoms with Gasteiger partial charge in [-0.2, -0.15) is 0 Å². The van der Waals surface area contributed by atoms with Crippen LogP contribution in [-0.2, 0) is 13.6 Å². The largest absolute Gasteiger partial charge is 0.498 e. The summed E-state index contributed by atoms with van der Waals surface area (Å²) < 4.78 is 15.1. The van der Waals surface area contributed by atoms with Crippen LogP contribution in [0.4, 0.5) is 0 Å². The molecule has 0 unspecified atom stereocenters. The SMILES string of the molecule is CCOP(OCC)OCC#[N+][O-]. The topological polar surface area (TPSA) is 55.1 Å². The van der Waals surface area contributed by atoms with E-state index in [-0.39, 0.29) is 6.61 Å². The molecule has 0 aromatic carbocycles. The summed E-state index contributed by atoms with van der Waals surface area (Å²) in [4.78, 5) is 0. The fourth-order valence-corrected chi connectivity index (χ4v) is 1.24. The molecular weight excluding hydrogens is 181 g/mol. The zero-order valence-electron chi connectivity index (χ0n) is 7.15. The van der Waals surface area contributed by atoms with Crippen LogP contribution in [0, 0.1) is 11.3 Å². The molecule has 0 amide bonds. The third-order valence-corrected chi connectivity index (χ3v) is 2.05. The van der Waals surface area contributed by atoms with Crippen LogP contribution in [0.1, 0.15) is 13.8 Å². The van der Waals surface area contributed by atoms with Crippen molar-refractivity contribution in [2.24, 2.45) is 0 Å². The van der Waals surface area contributed by atoms with Gasteiger partial charge >= 0.3 is 14.7 Å². The molecule has 0 aliphatic carbocycles. The average Bonchev–Trinajstić information content (AvgIpc) is 2.06. The molecule has 0 rings (SSSR count). The predicted octanol–water partition coefficient (Wildman–Crippen LogP) is 2.13. The molecular formula is C6H12NO4P. The molecule has 12 heavy (non-hydrogen) atoms. The van der Waals surface area contributed by atoms with Gasteiger partial charge in [0.25, 0.3) is 0 Å². The minimum Gasteiger partial charge on any atom is -0.498 e. The molecule has 5 nitrogen and oxygen atoms in total. The zero-order chi connectivity index (χ0) is 9.23. The smallest absolute Gasteiger partial charge is 0.333 e. The first-order valence-corrected chi connectivity index (χ1v) is 4.68. The summed E-state index contributed by atoms with van der Waals surface area (Å²) in [5.74, 6) is 0. The van der Waals surface area contributed by atoms with Gasteiger partial charge in [0, 0.05) is 5.01 Å². The molecule has 0 aromatic rings. The second-order valence-corrected chi connectivity index (χ2v) is 2.80. The van der Waals surface area contributed by atoms with Gasteiger partial charge in [0.15, 0.2) is 6.61 Å². The van der Waals surface area contributed by atoms with Gasteiger partial charge < -0.3 is 14.3 Å². The number of hydrogen-bond acceptors (Lipinski definition) is 4. The molecule has 0 spiro atoms. The van der Waals surface area contributed by atoms with Crippen LogP contribution < -0.4 is 0 Å². The second kappa shape index (κ2) is 8.69. The molecule has 0 radical (unpaired) electrons. The van der Waals surface area contributed by atoms with E-state index in [4.69, 9.17) is 13.6 Å². The highest BCUT2D eigenvalue weighted by Gasteiger charge is 2.10. The summed E-state index contributed by atoms with van der Waals surface area (Å²) in [5.41, 5.74) is 0. The summed E-state index contributed by atoms with van der Waals surface area (Å²) >= 11 is 0. The van der Waals surface area contributed by atoms with Crippen molar-refractivity contribution in [2.75, 3.05) is 19.8 Å². The van der Waals surface area contributed by atoms with Gasteiger partial charge in [-0.3, -0.25) is 4.52 Å². The monoisotopic (exact) mass is 193 g/mol. The Morgan fingerprint density at radius 2 is 1.83 bits per heavy atom. The van der Waals surface area contributed by atoms with Gasteiger partial charge in [-0.1, -0.05) is 0 Å². The van der Waals surface area contributed by atoms with Gasteiger partial charge in [0.2, 0.25) is 0 Å². The van der Waals surface area contributed by atoms with Crippen LogP contribution in [0.2, 0.25) is 0 Å². The van der Waals surface area contributed by atoms with Crippen molar-refractivity contribution in [3.63, 3.8) is 0 Å². The fourth-order valence-electron chi connectivity index (χ4n) is 0.431. The molecule has 0 heterocycles. The molecule has 0 atom stereocenters. The number of hydrogen-bond donors (Lipinski definition) is 0. The number of nitrogens with zero attached hydrogens (tertiary/aromatic N) is 1. The molecule has 0 aliphatic rings. The molecule has 6 heteroatoms. The molecule has 0 saturated carbocycles. The van der Waals surface area contributed by atoms with Gasteiger partial charge in [-0.15, -0.1) is 0 Å². The first kappa shape index (κ1) is 11.6. The first-order valence-electron chi connectivity index (χ1n) is 3.59. The Hall–Kier alpha value is -0.400. The lowest BCUT2D eigenvalue weighted by Gasteiger charge is -2.11. The van der Waals surface area contributed by atoms with Crippen molar-refractivity contribution in [3.8, 4) is 6.07 Å². The first-order chi connectivity index (χ1) is 5.85. The summed E-state index contributed by atoms with van der Waals surface area (Å²) in [6, 6.07) is 2.10. The van der Waals surface area contributed by atoms with Crippen LogP contribution in [0.5, 0.6) is 0 Å². The maximum atomic E-state index is 9.59. The van der Waals surface area contributed by atoms with Crippen molar-refractivity contribution < 1.29 is 13.6 Å². The summed E-state index contributed by atoms with van der Waals surface area (Å²) in [7, 11) is -1.33. The van der Waals surface area contributed by atoms with Gasteiger partial charge in [0.05, 0.1) is 13.2 Å². The Morgan fingerprint density at radius 3 is 2.25 bits per heavy atom. The molecule has 0 fully saturated rings. The van der Waals surface area contributed by atoms with Crippen molar-refractivity contribution in [1.29, 1.82) is 0 Å². The van der Waals surface area contributed by atoms with Crippen LogP contribution in [0.25, 0.3) is 5.01 Å². The van der Waals surface area contributed by atoms with Crippen LogP contribution in [-0.4, -0.2) is 19.8 Å². The quantitative estimate of drug-likeness (QED) is 0.479. The van der Waals surface area contributed by atoms with E-state index in [2.05, 4.69) is 11.1 Å². The Kier molecular flexibility index (Phi) is 8.40. The van der Waals surface area contributed by atoms with E-state index in [1.807, 2.05) is 13.8 Å². The third kappa shape index (κ3) is 6.32. The molecule has 70 valence electrons. The Bertz CT molecular complexity index is 149. The van der Waals surface area contributed by atoms with Crippen molar-refractivity contribution >= 4 is 8.60 Å². The maximum absolute atomic E-state index is 9.59. The Morgan fingerprint density at radius 1 is 1.25 bits per heavy atom. The normalized spacial score (nSPS) is 9.58. The fraction of sp³-hybridized carbons (Fsp3) is 0.833. The van der Waals surface area contributed by atoms with E-state index < -0.39 is 8.60 Å². The average molecular weight is 193 g/mol. The van der Waals surface area contributed by atoms with E-state index in [0.717, 1.165) is 0 Å². The zero-order valence-corrected chi connectivity index (χ0v) is 8.04. The van der Waals surface area contributed by atoms with E-state index in [0.29, 0.717) is 13.2 Å². The molecule has 0 N–H and O–H groups in total. The Labute approximate surface area is 73.0 Å². The second-order valence-electron chi connectivity index (χ2n) is 1.58. The van der Waals surface area contributed by atoms with E-state index in [1.165, 1.54) is 0 Å². The molecule has 0 aromatic heterocycles. The van der Waals surface area contributed by atoms with Crippen molar-refractivity contribution in [1.82, 2.24) is 0 Å². The number of rotatable bonds is 6. The van der Waals surface area contributed by atoms with Gasteiger partial charge in [-0.05, 0) is 13.8 Å². The molecule has 0 saturated heterocycles. The third-order valence-electron chi connectivity index (χ3n) is 0.768. The lowest BCUT2D eigenvalue weighted by atomic mass is 10.9. The lowest BCUT2D eigenvalue weighted by Crippen LogP contribution is -1.95. The van der Waals surface area contributed by atoms with Gasteiger partial charge in [-0.25, -0.2) is 0 Å². The molecule has 0 aliphatic heterocycles. The minimum atomic E-state index is -1.33. The standard InChI is InChI=1S/C6H12NO4P/c1-3-9-12(10-4-2)11-6-5-7-8/h3-4,6H2,1-2H3. The van der Waals surface area contributed by atoms with Crippen LogP contribution >= 0.6 is 8.60 Å². The van der Waals surface area contributed by atoms with Crippen LogP contribution in [0.15, 0.2) is 0 Å². The van der Waals surface area contributed by atoms with E-state index in [9.17, 15) is 5.21 Å². The van der Waals surface area contributed by atoms with E-state index in [1.54, 1.807) is 0 Å². The summed E-state index contributed by atoms with van der Waals surface area (Å²) in [6.07, 6.45) is 0. The predicted molar refractivity (Wildman–Crippen MR) is 46.7 cm³/mol. The van der Waals surface area contributed by atoms with Crippen molar-refractivity contribution in [2.45, 2.75) is 13.8 Å². The van der Waals surface area contributed by atoms with Gasteiger partial charge in [0.1, 0.15) is 0 Å². The Balaban J connectivity index is 3.52. The van der Waals surface area contributed by atoms with Crippen LogP contribution in [0.3, 0.4) is 0 Å². The summed E-state index contributed by atoms with van der Waals surface area (Å²) in [6.45, 7) is 4.71. The maximum Gasteiger partial charge on any atom is 0.333 e. The highest BCUT2D eigenvalue weighted by Crippen LogP contribution is 2.38. The lowest BCUT2D eigenvalue weighted by molar-refractivity contribution is 0.184. The van der Waals surface area contributed by atoms with Crippen molar-refractivity contribution in [3.05, 3.63) is 10.2 Å².